The highest BCUT2D eigenvalue weighted by atomic mass is 32.1. The number of hydrogen-bond acceptors (Lipinski definition) is 4. The largest absolute Gasteiger partial charge is 0.478 e. The van der Waals surface area contributed by atoms with E-state index >= 15 is 0 Å². The van der Waals surface area contributed by atoms with Gasteiger partial charge in [-0.2, -0.15) is 0 Å². The summed E-state index contributed by atoms with van der Waals surface area (Å²) >= 11 is 0.981. The van der Waals surface area contributed by atoms with E-state index < -0.39 is 10.9 Å². The Morgan fingerprint density at radius 2 is 1.94 bits per heavy atom. The molecule has 0 aliphatic carbocycles. The Labute approximate surface area is 100 Å². The van der Waals surface area contributed by atoms with Gasteiger partial charge >= 0.3 is 11.0 Å². The molecule has 86 valence electrons. The topological polar surface area (TPSA) is 80.4 Å². The van der Waals surface area contributed by atoms with Gasteiger partial charge in [0.1, 0.15) is 0 Å². The van der Waals surface area contributed by atoms with Crippen LogP contribution in [0.2, 0.25) is 0 Å². The first kappa shape index (κ1) is 11.3. The van der Waals surface area contributed by atoms with Gasteiger partial charge in [0.25, 0.3) is 0 Å². The molecule has 2 aromatic rings. The van der Waals surface area contributed by atoms with E-state index in [1.54, 1.807) is 29.6 Å². The van der Waals surface area contributed by atoms with Crippen molar-refractivity contribution < 1.29 is 14.8 Å². The smallest absolute Gasteiger partial charge is 0.336 e. The van der Waals surface area contributed by atoms with Crippen molar-refractivity contribution in [3.05, 3.63) is 51.4 Å². The summed E-state index contributed by atoms with van der Waals surface area (Å²) in [6.45, 7) is 0. The second-order valence-corrected chi connectivity index (χ2v) is 4.14. The summed E-state index contributed by atoms with van der Waals surface area (Å²) in [4.78, 5) is 21.3. The molecule has 0 aliphatic rings. The van der Waals surface area contributed by atoms with Crippen LogP contribution < -0.4 is 0 Å². The van der Waals surface area contributed by atoms with Gasteiger partial charge in [-0.05, 0) is 17.5 Å². The SMILES string of the molecule is O=C(O)c1ccccc1-c1ccsc1[N+](=O)[O-]. The molecule has 1 N–H and O–H groups in total. The van der Waals surface area contributed by atoms with Crippen LogP contribution in [0.1, 0.15) is 10.4 Å². The van der Waals surface area contributed by atoms with E-state index in [9.17, 15) is 14.9 Å². The van der Waals surface area contributed by atoms with Crippen LogP contribution >= 0.6 is 11.3 Å². The van der Waals surface area contributed by atoms with Crippen LogP contribution in [0.3, 0.4) is 0 Å². The molecule has 0 aliphatic heterocycles. The molecule has 0 saturated carbocycles. The van der Waals surface area contributed by atoms with Crippen LogP contribution in [0.15, 0.2) is 35.7 Å². The maximum Gasteiger partial charge on any atom is 0.336 e. The normalized spacial score (nSPS) is 10.1. The number of hydrogen-bond donors (Lipinski definition) is 1. The summed E-state index contributed by atoms with van der Waals surface area (Å²) in [6.07, 6.45) is 0. The Morgan fingerprint density at radius 1 is 1.24 bits per heavy atom. The van der Waals surface area contributed by atoms with E-state index in [2.05, 4.69) is 0 Å². The number of carbonyl (C=O) groups is 1. The lowest BCUT2D eigenvalue weighted by atomic mass is 10.0. The minimum atomic E-state index is -1.10. The van der Waals surface area contributed by atoms with Gasteiger partial charge in [-0.25, -0.2) is 4.79 Å². The van der Waals surface area contributed by atoms with Crippen molar-refractivity contribution in [1.29, 1.82) is 0 Å². The van der Waals surface area contributed by atoms with Gasteiger partial charge in [-0.3, -0.25) is 10.1 Å². The van der Waals surface area contributed by atoms with Crippen LogP contribution in [-0.2, 0) is 0 Å². The first-order valence-electron chi connectivity index (χ1n) is 4.66. The van der Waals surface area contributed by atoms with Crippen molar-refractivity contribution in [3.63, 3.8) is 0 Å². The summed E-state index contributed by atoms with van der Waals surface area (Å²) in [6, 6.07) is 7.80. The first-order valence-corrected chi connectivity index (χ1v) is 5.54. The van der Waals surface area contributed by atoms with Crippen LogP contribution in [0.25, 0.3) is 11.1 Å². The quantitative estimate of drug-likeness (QED) is 0.669. The Kier molecular flexibility index (Phi) is 2.88. The minimum absolute atomic E-state index is 0.0429. The molecule has 0 spiro atoms. The van der Waals surface area contributed by atoms with Gasteiger partial charge < -0.3 is 5.11 Å². The van der Waals surface area contributed by atoms with Crippen molar-refractivity contribution in [2.24, 2.45) is 0 Å². The van der Waals surface area contributed by atoms with Gasteiger partial charge in [-0.1, -0.05) is 29.5 Å². The molecule has 0 unspecified atom stereocenters. The summed E-state index contributed by atoms with van der Waals surface area (Å²) in [5.41, 5.74) is 0.778. The molecule has 2 rings (SSSR count). The molecule has 0 radical (unpaired) electrons. The van der Waals surface area contributed by atoms with Gasteiger partial charge in [-0.15, -0.1) is 0 Å². The van der Waals surface area contributed by atoms with Gasteiger partial charge in [0.05, 0.1) is 16.1 Å². The van der Waals surface area contributed by atoms with Crippen LogP contribution in [-0.4, -0.2) is 16.0 Å². The number of aromatic carboxylic acids is 1. The molecule has 0 saturated heterocycles. The highest BCUT2D eigenvalue weighted by Crippen LogP contribution is 2.36. The van der Waals surface area contributed by atoms with Gasteiger partial charge in [0, 0.05) is 5.56 Å². The monoisotopic (exact) mass is 249 g/mol. The summed E-state index contributed by atoms with van der Waals surface area (Å²) in [7, 11) is 0. The number of rotatable bonds is 3. The molecule has 1 heterocycles. The fraction of sp³-hybridized carbons (Fsp3) is 0. The lowest BCUT2D eigenvalue weighted by molar-refractivity contribution is -0.379. The number of benzene rings is 1. The van der Waals surface area contributed by atoms with Crippen LogP contribution in [0.5, 0.6) is 0 Å². The van der Waals surface area contributed by atoms with E-state index in [4.69, 9.17) is 5.11 Å². The summed E-state index contributed by atoms with van der Waals surface area (Å²) in [5.74, 6) is -1.10. The predicted octanol–water partition coefficient (Wildman–Crippen LogP) is 3.02. The molecule has 17 heavy (non-hydrogen) atoms. The Balaban J connectivity index is 2.64. The predicted molar refractivity (Wildman–Crippen MR) is 63.4 cm³/mol. The Hall–Kier alpha value is -2.21. The van der Waals surface area contributed by atoms with Crippen molar-refractivity contribution in [2.45, 2.75) is 0 Å². The molecule has 0 bridgehead atoms. The second kappa shape index (κ2) is 4.34. The van der Waals surface area contributed by atoms with Gasteiger partial charge in [0.15, 0.2) is 0 Å². The van der Waals surface area contributed by atoms with Crippen molar-refractivity contribution in [1.82, 2.24) is 0 Å². The molecule has 6 heteroatoms. The molecular formula is C11H7NO4S. The zero-order valence-corrected chi connectivity index (χ0v) is 9.31. The molecular weight excluding hydrogens is 242 g/mol. The second-order valence-electron chi connectivity index (χ2n) is 3.25. The van der Waals surface area contributed by atoms with E-state index in [1.807, 2.05) is 0 Å². The zero-order valence-electron chi connectivity index (χ0n) is 8.49. The number of carboxylic acid groups (broad SMARTS) is 1. The third-order valence-electron chi connectivity index (χ3n) is 2.26. The fourth-order valence-corrected chi connectivity index (χ4v) is 2.28. The summed E-state index contributed by atoms with van der Waals surface area (Å²) in [5, 5.41) is 21.4. The molecule has 0 amide bonds. The minimum Gasteiger partial charge on any atom is -0.478 e. The molecule has 1 aromatic heterocycles. The number of carboxylic acids is 1. The van der Waals surface area contributed by atoms with Crippen LogP contribution in [0.4, 0.5) is 5.00 Å². The average molecular weight is 249 g/mol. The summed E-state index contributed by atoms with van der Waals surface area (Å²) < 4.78 is 0. The number of nitrogens with zero attached hydrogens (tertiary/aromatic N) is 1. The average Bonchev–Trinajstić information content (AvgIpc) is 2.77. The third kappa shape index (κ3) is 2.02. The van der Waals surface area contributed by atoms with Gasteiger partial charge in [0.2, 0.25) is 0 Å². The van der Waals surface area contributed by atoms with Crippen molar-refractivity contribution in [3.8, 4) is 11.1 Å². The lowest BCUT2D eigenvalue weighted by Gasteiger charge is -2.02. The third-order valence-corrected chi connectivity index (χ3v) is 3.12. The van der Waals surface area contributed by atoms with E-state index in [0.29, 0.717) is 11.1 Å². The molecule has 0 atom stereocenters. The highest BCUT2D eigenvalue weighted by molar-refractivity contribution is 7.13. The van der Waals surface area contributed by atoms with E-state index in [-0.39, 0.29) is 10.6 Å². The van der Waals surface area contributed by atoms with E-state index in [1.165, 1.54) is 6.07 Å². The number of nitro groups is 1. The van der Waals surface area contributed by atoms with E-state index in [0.717, 1.165) is 11.3 Å². The Morgan fingerprint density at radius 3 is 2.59 bits per heavy atom. The zero-order chi connectivity index (χ0) is 12.4. The van der Waals surface area contributed by atoms with Crippen LogP contribution in [0, 0.1) is 10.1 Å². The molecule has 0 fully saturated rings. The standard InChI is InChI=1S/C11H7NO4S/c13-11(14)9-4-2-1-3-7(9)8-5-6-17-10(8)12(15)16/h1-6H,(H,13,14). The maximum atomic E-state index is 11.0. The lowest BCUT2D eigenvalue weighted by Crippen LogP contribution is -1.99. The fourth-order valence-electron chi connectivity index (χ4n) is 1.55. The molecule has 5 nitrogen and oxygen atoms in total. The Bertz CT molecular complexity index is 591. The van der Waals surface area contributed by atoms with Crippen molar-refractivity contribution >= 4 is 22.3 Å². The number of thiophene rings is 1. The van der Waals surface area contributed by atoms with Crippen molar-refractivity contribution in [2.75, 3.05) is 0 Å². The highest BCUT2D eigenvalue weighted by Gasteiger charge is 2.21. The maximum absolute atomic E-state index is 11.0. The first-order chi connectivity index (χ1) is 8.11. The molecule has 1 aromatic carbocycles.